The van der Waals surface area contributed by atoms with Gasteiger partial charge in [-0.1, -0.05) is 11.8 Å². The maximum atomic E-state index is 13.2. The highest BCUT2D eigenvalue weighted by molar-refractivity contribution is 7.91. The van der Waals surface area contributed by atoms with E-state index in [1.54, 1.807) is 13.8 Å². The number of hydrogen-bond acceptors (Lipinski definition) is 4. The third-order valence-electron chi connectivity index (χ3n) is 2.59. The number of halogens is 1. The number of benzene rings is 1. The Hall–Kier alpha value is -1.58. The van der Waals surface area contributed by atoms with Crippen molar-refractivity contribution in [2.24, 2.45) is 0 Å². The molecule has 0 fully saturated rings. The van der Waals surface area contributed by atoms with Crippen LogP contribution in [0.25, 0.3) is 0 Å². The minimum Gasteiger partial charge on any atom is -0.491 e. The van der Waals surface area contributed by atoms with Crippen molar-refractivity contribution < 1.29 is 22.7 Å². The van der Waals surface area contributed by atoms with Crippen LogP contribution in [0.4, 0.5) is 4.39 Å². The molecule has 0 saturated carbocycles. The first-order chi connectivity index (χ1) is 9.36. The molecule has 0 aliphatic carbocycles. The average Bonchev–Trinajstić information content (AvgIpc) is 2.37. The Bertz CT molecular complexity index is 612. The first-order valence-corrected chi connectivity index (χ1v) is 7.82. The summed E-state index contributed by atoms with van der Waals surface area (Å²) >= 11 is 0. The Labute approximate surface area is 118 Å². The van der Waals surface area contributed by atoms with Crippen molar-refractivity contribution in [3.8, 4) is 17.6 Å². The van der Waals surface area contributed by atoms with Crippen LogP contribution in [-0.2, 0) is 9.84 Å². The van der Waals surface area contributed by atoms with Gasteiger partial charge in [0.2, 0.25) is 0 Å². The van der Waals surface area contributed by atoms with Crippen LogP contribution >= 0.6 is 0 Å². The fourth-order valence-corrected chi connectivity index (χ4v) is 2.14. The van der Waals surface area contributed by atoms with Crippen molar-refractivity contribution in [2.45, 2.75) is 19.1 Å². The smallest absolute Gasteiger partial charge is 0.155 e. The monoisotopic (exact) mass is 300 g/mol. The van der Waals surface area contributed by atoms with E-state index in [1.807, 2.05) is 0 Å². The first-order valence-electron chi connectivity index (χ1n) is 6.10. The molecule has 0 heterocycles. The van der Waals surface area contributed by atoms with E-state index < -0.39 is 20.9 Å². The molecule has 0 atom stereocenters. The molecule has 0 aliphatic heterocycles. The van der Waals surface area contributed by atoms with Gasteiger partial charge in [0, 0.05) is 6.07 Å². The number of rotatable bonds is 5. The molecule has 0 bridgehead atoms. The molecule has 0 saturated heterocycles. The Morgan fingerprint density at radius 2 is 2.10 bits per heavy atom. The number of aliphatic hydroxyl groups excluding tert-OH is 1. The fourth-order valence-electron chi connectivity index (χ4n) is 1.36. The van der Waals surface area contributed by atoms with Gasteiger partial charge in [0.25, 0.3) is 0 Å². The van der Waals surface area contributed by atoms with Gasteiger partial charge in [0.1, 0.15) is 24.8 Å². The highest BCUT2D eigenvalue weighted by atomic mass is 32.2. The molecule has 1 N–H and O–H groups in total. The molecule has 0 aliphatic rings. The molecule has 1 aromatic carbocycles. The van der Waals surface area contributed by atoms with Gasteiger partial charge in [0.15, 0.2) is 9.84 Å². The minimum absolute atomic E-state index is 0.0717. The van der Waals surface area contributed by atoms with Crippen molar-refractivity contribution in [3.05, 3.63) is 29.6 Å². The Morgan fingerprint density at radius 3 is 2.70 bits per heavy atom. The lowest BCUT2D eigenvalue weighted by Gasteiger charge is -2.10. The molecule has 0 radical (unpaired) electrons. The predicted octanol–water partition coefficient (Wildman–Crippen LogP) is 1.37. The molecule has 110 valence electrons. The lowest BCUT2D eigenvalue weighted by Crippen LogP contribution is -2.22. The van der Waals surface area contributed by atoms with E-state index in [-0.39, 0.29) is 24.7 Å². The van der Waals surface area contributed by atoms with Crippen LogP contribution < -0.4 is 4.74 Å². The van der Waals surface area contributed by atoms with Crippen molar-refractivity contribution >= 4 is 9.84 Å². The van der Waals surface area contributed by atoms with E-state index in [4.69, 9.17) is 9.84 Å². The lowest BCUT2D eigenvalue weighted by molar-refractivity contribution is 0.337. The van der Waals surface area contributed by atoms with Gasteiger partial charge >= 0.3 is 0 Å². The summed E-state index contributed by atoms with van der Waals surface area (Å²) in [4.78, 5) is 0. The molecule has 6 heteroatoms. The SMILES string of the molecule is CC(C)S(=O)(=O)CCOc1cc(F)ccc1C#CCO. The fraction of sp³-hybridized carbons (Fsp3) is 0.429. The first kappa shape index (κ1) is 16.5. The molecule has 4 nitrogen and oxygen atoms in total. The van der Waals surface area contributed by atoms with Crippen molar-refractivity contribution in [3.63, 3.8) is 0 Å². The average molecular weight is 300 g/mol. The summed E-state index contributed by atoms with van der Waals surface area (Å²) in [6, 6.07) is 3.78. The second-order valence-corrected chi connectivity index (χ2v) is 7.04. The van der Waals surface area contributed by atoms with Crippen LogP contribution in [0.2, 0.25) is 0 Å². The molecular weight excluding hydrogens is 283 g/mol. The van der Waals surface area contributed by atoms with E-state index in [0.717, 1.165) is 6.07 Å². The Morgan fingerprint density at radius 1 is 1.40 bits per heavy atom. The topological polar surface area (TPSA) is 63.6 Å². The summed E-state index contributed by atoms with van der Waals surface area (Å²) in [6.45, 7) is 2.79. The molecular formula is C14H17FO4S. The minimum atomic E-state index is -3.20. The number of hydrogen-bond donors (Lipinski definition) is 1. The van der Waals surface area contributed by atoms with Gasteiger partial charge in [-0.05, 0) is 26.0 Å². The largest absolute Gasteiger partial charge is 0.491 e. The lowest BCUT2D eigenvalue weighted by atomic mass is 10.2. The molecule has 0 unspecified atom stereocenters. The zero-order chi connectivity index (χ0) is 15.2. The van der Waals surface area contributed by atoms with Crippen LogP contribution in [0.3, 0.4) is 0 Å². The second-order valence-electron chi connectivity index (χ2n) is 4.36. The number of aliphatic hydroxyl groups is 1. The maximum Gasteiger partial charge on any atom is 0.155 e. The van der Waals surface area contributed by atoms with Gasteiger partial charge in [-0.2, -0.15) is 0 Å². The molecule has 1 aromatic rings. The van der Waals surface area contributed by atoms with Gasteiger partial charge in [0.05, 0.1) is 16.6 Å². The van der Waals surface area contributed by atoms with E-state index in [2.05, 4.69) is 11.8 Å². The molecule has 1 rings (SSSR count). The van der Waals surface area contributed by atoms with E-state index in [9.17, 15) is 12.8 Å². The molecule has 0 spiro atoms. The summed E-state index contributed by atoms with van der Waals surface area (Å²) in [5.74, 6) is 4.58. The number of ether oxygens (including phenoxy) is 1. The maximum absolute atomic E-state index is 13.2. The predicted molar refractivity (Wildman–Crippen MR) is 74.8 cm³/mol. The molecule has 0 amide bonds. The van der Waals surface area contributed by atoms with Gasteiger partial charge in [-0.15, -0.1) is 0 Å². The standard InChI is InChI=1S/C14H17FO4S/c1-11(2)20(17,18)9-8-19-14-10-13(15)6-5-12(14)4-3-7-16/h5-6,10-11,16H,7-9H2,1-2H3. The Balaban J connectivity index is 2.79. The zero-order valence-electron chi connectivity index (χ0n) is 11.4. The van der Waals surface area contributed by atoms with E-state index >= 15 is 0 Å². The molecule has 20 heavy (non-hydrogen) atoms. The third kappa shape index (κ3) is 4.83. The van der Waals surface area contributed by atoms with Crippen LogP contribution in [0.1, 0.15) is 19.4 Å². The second kappa shape index (κ2) is 7.27. The van der Waals surface area contributed by atoms with Gasteiger partial charge in [-0.3, -0.25) is 0 Å². The third-order valence-corrected chi connectivity index (χ3v) is 4.76. The summed E-state index contributed by atoms with van der Waals surface area (Å²) in [6.07, 6.45) is 0. The van der Waals surface area contributed by atoms with Gasteiger partial charge < -0.3 is 9.84 Å². The Kier molecular flexibility index (Phi) is 5.99. The summed E-state index contributed by atoms with van der Waals surface area (Å²) in [7, 11) is -3.20. The van der Waals surface area contributed by atoms with E-state index in [1.165, 1.54) is 12.1 Å². The highest BCUT2D eigenvalue weighted by Crippen LogP contribution is 2.19. The summed E-state index contributed by atoms with van der Waals surface area (Å²) < 4.78 is 41.7. The highest BCUT2D eigenvalue weighted by Gasteiger charge is 2.16. The van der Waals surface area contributed by atoms with Crippen LogP contribution in [0.15, 0.2) is 18.2 Å². The summed E-state index contributed by atoms with van der Waals surface area (Å²) in [5.41, 5.74) is 0.405. The van der Waals surface area contributed by atoms with Crippen molar-refractivity contribution in [1.29, 1.82) is 0 Å². The van der Waals surface area contributed by atoms with Crippen molar-refractivity contribution in [1.82, 2.24) is 0 Å². The van der Waals surface area contributed by atoms with Gasteiger partial charge in [-0.25, -0.2) is 12.8 Å². The van der Waals surface area contributed by atoms with Crippen LogP contribution in [-0.4, -0.2) is 37.7 Å². The zero-order valence-corrected chi connectivity index (χ0v) is 12.2. The molecule has 0 aromatic heterocycles. The number of sulfone groups is 1. The van der Waals surface area contributed by atoms with E-state index in [0.29, 0.717) is 5.56 Å². The summed E-state index contributed by atoms with van der Waals surface area (Å²) in [5, 5.41) is 8.17. The van der Waals surface area contributed by atoms with Crippen LogP contribution in [0, 0.1) is 17.7 Å². The van der Waals surface area contributed by atoms with Crippen molar-refractivity contribution in [2.75, 3.05) is 19.0 Å². The quantitative estimate of drug-likeness (QED) is 0.834. The normalized spacial score (nSPS) is 11.1. The van der Waals surface area contributed by atoms with Crippen LogP contribution in [0.5, 0.6) is 5.75 Å².